The first-order chi connectivity index (χ1) is 8.80. The maximum absolute atomic E-state index is 11.4. The number of aromatic carboxylic acids is 1. The lowest BCUT2D eigenvalue weighted by Gasteiger charge is -2.11. The molecule has 2 heterocycles. The molecule has 106 valence electrons. The molecule has 2 rings (SSSR count). The van der Waals surface area contributed by atoms with Crippen molar-refractivity contribution in [1.29, 1.82) is 0 Å². The van der Waals surface area contributed by atoms with Gasteiger partial charge in [0.25, 0.3) is 0 Å². The van der Waals surface area contributed by atoms with E-state index in [-0.39, 0.29) is 23.0 Å². The SMILES string of the molecule is Cc1nn(C)c(NCC2CCS(=O)(=O)C2)c1C(=O)O. The van der Waals surface area contributed by atoms with Gasteiger partial charge >= 0.3 is 5.97 Å². The van der Waals surface area contributed by atoms with Crippen LogP contribution in [0.3, 0.4) is 0 Å². The average Bonchev–Trinajstić information content (AvgIpc) is 2.75. The van der Waals surface area contributed by atoms with Crippen LogP contribution in [0.4, 0.5) is 5.82 Å². The summed E-state index contributed by atoms with van der Waals surface area (Å²) in [6.07, 6.45) is 0.620. The van der Waals surface area contributed by atoms with Gasteiger partial charge in [0.05, 0.1) is 17.2 Å². The molecule has 7 nitrogen and oxygen atoms in total. The smallest absolute Gasteiger partial charge is 0.341 e. The fraction of sp³-hybridized carbons (Fsp3) is 0.636. The summed E-state index contributed by atoms with van der Waals surface area (Å²) in [4.78, 5) is 11.2. The minimum atomic E-state index is -2.91. The molecular weight excluding hydrogens is 270 g/mol. The molecule has 1 saturated heterocycles. The lowest BCUT2D eigenvalue weighted by atomic mass is 10.1. The summed E-state index contributed by atoms with van der Waals surface area (Å²) in [7, 11) is -1.25. The zero-order valence-electron chi connectivity index (χ0n) is 10.9. The Morgan fingerprint density at radius 1 is 1.58 bits per heavy atom. The van der Waals surface area contributed by atoms with E-state index in [1.807, 2.05) is 0 Å². The lowest BCUT2D eigenvalue weighted by molar-refractivity contribution is 0.0697. The predicted molar refractivity (Wildman–Crippen MR) is 70.2 cm³/mol. The maximum Gasteiger partial charge on any atom is 0.341 e. The molecule has 1 aromatic heterocycles. The lowest BCUT2D eigenvalue weighted by Crippen LogP contribution is -2.18. The number of carboxylic acid groups (broad SMARTS) is 1. The molecule has 1 aliphatic heterocycles. The van der Waals surface area contributed by atoms with Gasteiger partial charge in [-0.25, -0.2) is 13.2 Å². The third-order valence-corrected chi connectivity index (χ3v) is 5.16. The van der Waals surface area contributed by atoms with Crippen LogP contribution >= 0.6 is 0 Å². The third kappa shape index (κ3) is 2.89. The van der Waals surface area contributed by atoms with E-state index in [0.717, 1.165) is 0 Å². The van der Waals surface area contributed by atoms with Gasteiger partial charge in [0.2, 0.25) is 0 Å². The molecule has 1 aromatic rings. The number of nitrogens with one attached hydrogen (secondary N) is 1. The number of hydrogen-bond donors (Lipinski definition) is 2. The molecule has 1 aliphatic rings. The van der Waals surface area contributed by atoms with Crippen molar-refractivity contribution in [3.05, 3.63) is 11.3 Å². The van der Waals surface area contributed by atoms with Gasteiger partial charge in [-0.3, -0.25) is 4.68 Å². The molecule has 0 spiro atoms. The van der Waals surface area contributed by atoms with E-state index in [1.165, 1.54) is 4.68 Å². The quantitative estimate of drug-likeness (QED) is 0.824. The van der Waals surface area contributed by atoms with Gasteiger partial charge < -0.3 is 10.4 Å². The Kier molecular flexibility index (Phi) is 3.53. The molecule has 8 heteroatoms. The topological polar surface area (TPSA) is 101 Å². The molecule has 0 bridgehead atoms. The van der Waals surface area contributed by atoms with Crippen molar-refractivity contribution in [3.63, 3.8) is 0 Å². The number of sulfone groups is 1. The number of carboxylic acids is 1. The molecule has 1 atom stereocenters. The maximum atomic E-state index is 11.4. The summed E-state index contributed by atoms with van der Waals surface area (Å²) >= 11 is 0. The highest BCUT2D eigenvalue weighted by Crippen LogP contribution is 2.22. The van der Waals surface area contributed by atoms with E-state index in [4.69, 9.17) is 5.11 Å². The van der Waals surface area contributed by atoms with Crippen molar-refractivity contribution in [2.75, 3.05) is 23.4 Å². The van der Waals surface area contributed by atoms with Crippen LogP contribution in [0.2, 0.25) is 0 Å². The number of rotatable bonds is 4. The summed E-state index contributed by atoms with van der Waals surface area (Å²) in [6, 6.07) is 0. The van der Waals surface area contributed by atoms with Crippen LogP contribution in [-0.2, 0) is 16.9 Å². The fourth-order valence-corrected chi connectivity index (χ4v) is 4.25. The molecule has 0 aliphatic carbocycles. The molecule has 2 N–H and O–H groups in total. The summed E-state index contributed by atoms with van der Waals surface area (Å²) in [5, 5.41) is 16.2. The zero-order chi connectivity index (χ0) is 14.2. The Labute approximate surface area is 111 Å². The molecule has 0 radical (unpaired) electrons. The zero-order valence-corrected chi connectivity index (χ0v) is 11.7. The Bertz CT molecular complexity index is 606. The van der Waals surface area contributed by atoms with Crippen LogP contribution in [0, 0.1) is 12.8 Å². The van der Waals surface area contributed by atoms with Crippen molar-refractivity contribution in [2.45, 2.75) is 13.3 Å². The van der Waals surface area contributed by atoms with E-state index in [1.54, 1.807) is 14.0 Å². The summed E-state index contributed by atoms with van der Waals surface area (Å²) < 4.78 is 24.2. The van der Waals surface area contributed by atoms with E-state index in [9.17, 15) is 13.2 Å². The van der Waals surface area contributed by atoms with Crippen LogP contribution < -0.4 is 5.32 Å². The normalized spacial score (nSPS) is 21.5. The Morgan fingerprint density at radius 3 is 2.79 bits per heavy atom. The summed E-state index contributed by atoms with van der Waals surface area (Å²) in [6.45, 7) is 2.08. The van der Waals surface area contributed by atoms with Gasteiger partial charge in [0, 0.05) is 13.6 Å². The molecule has 1 fully saturated rings. The summed E-state index contributed by atoms with van der Waals surface area (Å²) in [5.74, 6) is -0.197. The second-order valence-electron chi connectivity index (χ2n) is 4.89. The first-order valence-corrected chi connectivity index (χ1v) is 7.83. The monoisotopic (exact) mass is 287 g/mol. The minimum absolute atomic E-state index is 0.0295. The first-order valence-electron chi connectivity index (χ1n) is 6.01. The third-order valence-electron chi connectivity index (χ3n) is 3.32. The van der Waals surface area contributed by atoms with Crippen LogP contribution in [0.25, 0.3) is 0 Å². The van der Waals surface area contributed by atoms with Crippen LogP contribution in [0.15, 0.2) is 0 Å². The first kappa shape index (κ1) is 13.9. The van der Waals surface area contributed by atoms with Crippen molar-refractivity contribution in [2.24, 2.45) is 13.0 Å². The average molecular weight is 287 g/mol. The van der Waals surface area contributed by atoms with Gasteiger partial charge in [-0.15, -0.1) is 0 Å². The minimum Gasteiger partial charge on any atom is -0.477 e. The number of aromatic nitrogens is 2. The predicted octanol–water partition coefficient (Wildman–Crippen LogP) is 0.273. The highest BCUT2D eigenvalue weighted by molar-refractivity contribution is 7.91. The molecule has 1 unspecified atom stereocenters. The standard InChI is InChI=1S/C11H17N3O4S/c1-7-9(11(15)16)10(14(2)13-7)12-5-8-3-4-19(17,18)6-8/h8,12H,3-6H2,1-2H3,(H,15,16). The van der Waals surface area contributed by atoms with E-state index < -0.39 is 15.8 Å². The number of anilines is 1. The highest BCUT2D eigenvalue weighted by atomic mass is 32.2. The van der Waals surface area contributed by atoms with Gasteiger partial charge in [-0.1, -0.05) is 0 Å². The second kappa shape index (κ2) is 4.84. The van der Waals surface area contributed by atoms with Crippen molar-refractivity contribution >= 4 is 21.6 Å². The van der Waals surface area contributed by atoms with E-state index in [2.05, 4.69) is 10.4 Å². The van der Waals surface area contributed by atoms with Gasteiger partial charge in [-0.2, -0.15) is 5.10 Å². The molecule has 0 saturated carbocycles. The summed E-state index contributed by atoms with van der Waals surface area (Å²) in [5.41, 5.74) is 0.583. The Hall–Kier alpha value is -1.57. The van der Waals surface area contributed by atoms with Crippen LogP contribution in [0.1, 0.15) is 22.5 Å². The van der Waals surface area contributed by atoms with Gasteiger partial charge in [-0.05, 0) is 19.3 Å². The van der Waals surface area contributed by atoms with Gasteiger partial charge in [0.15, 0.2) is 9.84 Å². The van der Waals surface area contributed by atoms with E-state index >= 15 is 0 Å². The van der Waals surface area contributed by atoms with Crippen molar-refractivity contribution in [1.82, 2.24) is 9.78 Å². The van der Waals surface area contributed by atoms with Crippen molar-refractivity contribution in [3.8, 4) is 0 Å². The number of aryl methyl sites for hydroxylation is 2. The largest absolute Gasteiger partial charge is 0.477 e. The number of nitrogens with zero attached hydrogens (tertiary/aromatic N) is 2. The second-order valence-corrected chi connectivity index (χ2v) is 7.12. The van der Waals surface area contributed by atoms with Crippen LogP contribution in [0.5, 0.6) is 0 Å². The fourth-order valence-electron chi connectivity index (χ4n) is 2.39. The van der Waals surface area contributed by atoms with Crippen LogP contribution in [-0.4, -0.2) is 47.3 Å². The molecule has 0 aromatic carbocycles. The number of carbonyl (C=O) groups is 1. The molecular formula is C11H17N3O4S. The van der Waals surface area contributed by atoms with E-state index in [0.29, 0.717) is 24.5 Å². The highest BCUT2D eigenvalue weighted by Gasteiger charge is 2.28. The Morgan fingerprint density at radius 2 is 2.26 bits per heavy atom. The number of hydrogen-bond acceptors (Lipinski definition) is 5. The van der Waals surface area contributed by atoms with Crippen molar-refractivity contribution < 1.29 is 18.3 Å². The Balaban J connectivity index is 2.10. The molecule has 19 heavy (non-hydrogen) atoms. The molecule has 0 amide bonds. The van der Waals surface area contributed by atoms with Gasteiger partial charge in [0.1, 0.15) is 11.4 Å².